The van der Waals surface area contributed by atoms with Crippen molar-refractivity contribution in [2.75, 3.05) is 6.54 Å². The molecule has 0 bridgehead atoms. The zero-order chi connectivity index (χ0) is 10.8. The van der Waals surface area contributed by atoms with E-state index in [2.05, 4.69) is 34.1 Å². The van der Waals surface area contributed by atoms with Crippen LogP contribution in [0.15, 0.2) is 27.8 Å². The van der Waals surface area contributed by atoms with E-state index in [4.69, 9.17) is 10.6 Å². The van der Waals surface area contributed by atoms with Crippen molar-refractivity contribution in [3.05, 3.63) is 33.8 Å². The SMILES string of the molecule is Cc1cc(C2=NOC(CN)C2)ccc1Br. The number of hydrogen-bond donors (Lipinski definition) is 1. The van der Waals surface area contributed by atoms with E-state index in [0.717, 1.165) is 22.2 Å². The summed E-state index contributed by atoms with van der Waals surface area (Å²) < 4.78 is 1.11. The fourth-order valence-corrected chi connectivity index (χ4v) is 1.80. The first-order valence-electron chi connectivity index (χ1n) is 4.90. The zero-order valence-electron chi connectivity index (χ0n) is 8.53. The third-order valence-electron chi connectivity index (χ3n) is 2.49. The van der Waals surface area contributed by atoms with Crippen LogP contribution >= 0.6 is 15.9 Å². The molecule has 0 saturated heterocycles. The standard InChI is InChI=1S/C11H13BrN2O/c1-7-4-8(2-3-10(7)12)11-5-9(6-13)15-14-11/h2-4,9H,5-6,13H2,1H3. The first-order chi connectivity index (χ1) is 7.20. The topological polar surface area (TPSA) is 47.6 Å². The van der Waals surface area contributed by atoms with Crippen molar-refractivity contribution < 1.29 is 4.84 Å². The van der Waals surface area contributed by atoms with E-state index in [1.165, 1.54) is 5.56 Å². The van der Waals surface area contributed by atoms with E-state index in [1.54, 1.807) is 0 Å². The minimum absolute atomic E-state index is 0.0453. The lowest BCUT2D eigenvalue weighted by molar-refractivity contribution is 0.0918. The van der Waals surface area contributed by atoms with Gasteiger partial charge in [0.15, 0.2) is 0 Å². The Kier molecular flexibility index (Phi) is 3.07. The summed E-state index contributed by atoms with van der Waals surface area (Å²) in [6.45, 7) is 2.58. The first kappa shape index (κ1) is 10.6. The maximum absolute atomic E-state index is 5.52. The maximum Gasteiger partial charge on any atom is 0.145 e. The molecule has 0 amide bonds. The molecule has 2 rings (SSSR count). The number of halogens is 1. The Morgan fingerprint density at radius 2 is 2.40 bits per heavy atom. The molecule has 1 aliphatic rings. The number of aryl methyl sites for hydroxylation is 1. The van der Waals surface area contributed by atoms with Gasteiger partial charge >= 0.3 is 0 Å². The van der Waals surface area contributed by atoms with Crippen molar-refractivity contribution in [1.29, 1.82) is 0 Å². The van der Waals surface area contributed by atoms with Crippen LogP contribution in [0.5, 0.6) is 0 Å². The Balaban J connectivity index is 2.21. The second-order valence-corrected chi connectivity index (χ2v) is 4.52. The summed E-state index contributed by atoms with van der Waals surface area (Å²) >= 11 is 3.47. The highest BCUT2D eigenvalue weighted by molar-refractivity contribution is 9.10. The summed E-state index contributed by atoms with van der Waals surface area (Å²) in [5.41, 5.74) is 8.83. The Morgan fingerprint density at radius 1 is 1.60 bits per heavy atom. The molecule has 0 aliphatic carbocycles. The normalized spacial score (nSPS) is 19.9. The summed E-state index contributed by atoms with van der Waals surface area (Å²) in [6, 6.07) is 6.17. The molecular weight excluding hydrogens is 256 g/mol. The van der Waals surface area contributed by atoms with Gasteiger partial charge in [-0.2, -0.15) is 0 Å². The molecule has 1 aliphatic heterocycles. The summed E-state index contributed by atoms with van der Waals surface area (Å²) in [6.07, 6.45) is 0.848. The summed E-state index contributed by atoms with van der Waals surface area (Å²) in [7, 11) is 0. The number of hydrogen-bond acceptors (Lipinski definition) is 3. The fourth-order valence-electron chi connectivity index (χ4n) is 1.55. The highest BCUT2D eigenvalue weighted by atomic mass is 79.9. The van der Waals surface area contributed by atoms with Gasteiger partial charge in [0.05, 0.1) is 5.71 Å². The third-order valence-corrected chi connectivity index (χ3v) is 3.38. The van der Waals surface area contributed by atoms with Crippen molar-refractivity contribution in [2.45, 2.75) is 19.4 Å². The average molecular weight is 269 g/mol. The minimum atomic E-state index is 0.0453. The lowest BCUT2D eigenvalue weighted by Crippen LogP contribution is -2.20. The number of nitrogens with two attached hydrogens (primary N) is 1. The van der Waals surface area contributed by atoms with Crippen LogP contribution in [0.3, 0.4) is 0 Å². The number of nitrogens with zero attached hydrogens (tertiary/aromatic N) is 1. The third kappa shape index (κ3) is 2.21. The predicted molar refractivity (Wildman–Crippen MR) is 64.0 cm³/mol. The zero-order valence-corrected chi connectivity index (χ0v) is 10.1. The quantitative estimate of drug-likeness (QED) is 0.894. The van der Waals surface area contributed by atoms with Crippen molar-refractivity contribution >= 4 is 21.6 Å². The van der Waals surface area contributed by atoms with E-state index in [9.17, 15) is 0 Å². The molecule has 80 valence electrons. The molecule has 2 N–H and O–H groups in total. The van der Waals surface area contributed by atoms with Gasteiger partial charge in [-0.15, -0.1) is 0 Å². The number of benzene rings is 1. The number of oxime groups is 1. The lowest BCUT2D eigenvalue weighted by Gasteiger charge is -2.04. The minimum Gasteiger partial charge on any atom is -0.390 e. The highest BCUT2D eigenvalue weighted by Crippen LogP contribution is 2.21. The molecule has 3 nitrogen and oxygen atoms in total. The molecule has 0 saturated carbocycles. The van der Waals surface area contributed by atoms with Crippen LogP contribution < -0.4 is 5.73 Å². The van der Waals surface area contributed by atoms with Crippen LogP contribution in [0, 0.1) is 6.92 Å². The predicted octanol–water partition coefficient (Wildman–Crippen LogP) is 2.21. The molecule has 0 aromatic heterocycles. The Morgan fingerprint density at radius 3 is 3.00 bits per heavy atom. The first-order valence-corrected chi connectivity index (χ1v) is 5.69. The van der Waals surface area contributed by atoms with Crippen LogP contribution in [0.4, 0.5) is 0 Å². The maximum atomic E-state index is 5.52. The van der Waals surface area contributed by atoms with Gasteiger partial charge in [0.2, 0.25) is 0 Å². The monoisotopic (exact) mass is 268 g/mol. The van der Waals surface area contributed by atoms with Gasteiger partial charge in [0.1, 0.15) is 6.10 Å². The molecule has 0 radical (unpaired) electrons. The van der Waals surface area contributed by atoms with Gasteiger partial charge in [0.25, 0.3) is 0 Å². The summed E-state index contributed by atoms with van der Waals surface area (Å²) in [5.74, 6) is 0. The molecule has 4 heteroatoms. The molecule has 0 spiro atoms. The second kappa shape index (κ2) is 4.33. The van der Waals surface area contributed by atoms with Gasteiger partial charge in [-0.3, -0.25) is 0 Å². The highest BCUT2D eigenvalue weighted by Gasteiger charge is 2.20. The largest absolute Gasteiger partial charge is 0.390 e. The van der Waals surface area contributed by atoms with E-state index in [-0.39, 0.29) is 6.10 Å². The molecule has 0 fully saturated rings. The van der Waals surface area contributed by atoms with E-state index in [1.807, 2.05) is 12.1 Å². The van der Waals surface area contributed by atoms with Gasteiger partial charge in [-0.1, -0.05) is 27.2 Å². The molecule has 1 aromatic rings. The van der Waals surface area contributed by atoms with Crippen LogP contribution in [-0.2, 0) is 4.84 Å². The van der Waals surface area contributed by atoms with Crippen molar-refractivity contribution in [2.24, 2.45) is 10.9 Å². The van der Waals surface area contributed by atoms with Gasteiger partial charge in [0, 0.05) is 17.4 Å². The van der Waals surface area contributed by atoms with Gasteiger partial charge in [-0.25, -0.2) is 0 Å². The van der Waals surface area contributed by atoms with Crippen molar-refractivity contribution in [3.63, 3.8) is 0 Å². The summed E-state index contributed by atoms with van der Waals surface area (Å²) in [4.78, 5) is 5.19. The second-order valence-electron chi connectivity index (χ2n) is 3.67. The van der Waals surface area contributed by atoms with Crippen LogP contribution in [0.1, 0.15) is 17.5 Å². The van der Waals surface area contributed by atoms with E-state index < -0.39 is 0 Å². The Labute approximate surface area is 97.4 Å². The Hall–Kier alpha value is -0.870. The Bertz CT molecular complexity index is 404. The fraction of sp³-hybridized carbons (Fsp3) is 0.364. The van der Waals surface area contributed by atoms with Crippen LogP contribution in [0.2, 0.25) is 0 Å². The molecular formula is C11H13BrN2O. The summed E-state index contributed by atoms with van der Waals surface area (Å²) in [5, 5.41) is 4.05. The van der Waals surface area contributed by atoms with E-state index in [0.29, 0.717) is 6.54 Å². The molecule has 1 unspecified atom stereocenters. The number of rotatable bonds is 2. The van der Waals surface area contributed by atoms with Gasteiger partial charge in [-0.05, 0) is 30.2 Å². The van der Waals surface area contributed by atoms with Crippen LogP contribution in [-0.4, -0.2) is 18.4 Å². The van der Waals surface area contributed by atoms with Crippen LogP contribution in [0.25, 0.3) is 0 Å². The van der Waals surface area contributed by atoms with Crippen molar-refractivity contribution in [1.82, 2.24) is 0 Å². The smallest absolute Gasteiger partial charge is 0.145 e. The lowest BCUT2D eigenvalue weighted by atomic mass is 10.0. The average Bonchev–Trinajstić information content (AvgIpc) is 2.70. The van der Waals surface area contributed by atoms with Crippen molar-refractivity contribution in [3.8, 4) is 0 Å². The van der Waals surface area contributed by atoms with Gasteiger partial charge < -0.3 is 10.6 Å². The molecule has 1 atom stereocenters. The van der Waals surface area contributed by atoms with E-state index >= 15 is 0 Å². The molecule has 15 heavy (non-hydrogen) atoms. The molecule has 1 aromatic carbocycles. The molecule has 1 heterocycles.